The predicted octanol–water partition coefficient (Wildman–Crippen LogP) is 5.69. The Balaban J connectivity index is 1.86. The Morgan fingerprint density at radius 3 is 2.67 bits per heavy atom. The highest BCUT2D eigenvalue weighted by atomic mass is 79.9. The molecule has 0 spiro atoms. The van der Waals surface area contributed by atoms with Gasteiger partial charge < -0.3 is 5.32 Å². The number of carbonyl (C=O) groups excluding carboxylic acids is 1. The number of nitrogens with one attached hydrogen (secondary N) is 1. The summed E-state index contributed by atoms with van der Waals surface area (Å²) in [5.41, 5.74) is 2.05. The van der Waals surface area contributed by atoms with Gasteiger partial charge >= 0.3 is 0 Å². The molecule has 1 fully saturated rings. The Morgan fingerprint density at radius 2 is 2.00 bits per heavy atom. The van der Waals surface area contributed by atoms with E-state index < -0.39 is 0 Å². The van der Waals surface area contributed by atoms with Crippen LogP contribution >= 0.6 is 15.9 Å². The van der Waals surface area contributed by atoms with Crippen LogP contribution in [0.3, 0.4) is 0 Å². The van der Waals surface area contributed by atoms with Gasteiger partial charge in [0, 0.05) is 16.1 Å². The molecule has 3 heteroatoms. The van der Waals surface area contributed by atoms with Gasteiger partial charge in [-0.2, -0.15) is 0 Å². The third-order valence-corrected chi connectivity index (χ3v) is 5.13. The van der Waals surface area contributed by atoms with Gasteiger partial charge in [0.2, 0.25) is 5.91 Å². The Bertz CT molecular complexity index is 478. The zero-order valence-corrected chi connectivity index (χ0v) is 14.7. The van der Waals surface area contributed by atoms with Crippen molar-refractivity contribution < 1.29 is 4.79 Å². The van der Waals surface area contributed by atoms with Crippen LogP contribution in [0.4, 0.5) is 5.69 Å². The number of hydrogen-bond donors (Lipinski definition) is 1. The second-order valence-electron chi connectivity index (χ2n) is 6.31. The van der Waals surface area contributed by atoms with Crippen molar-refractivity contribution in [3.05, 3.63) is 28.2 Å². The molecule has 1 aromatic rings. The van der Waals surface area contributed by atoms with E-state index in [-0.39, 0.29) is 11.8 Å². The van der Waals surface area contributed by atoms with Crippen LogP contribution in [0.1, 0.15) is 57.4 Å². The Hall–Kier alpha value is -0.830. The van der Waals surface area contributed by atoms with Crippen molar-refractivity contribution in [2.24, 2.45) is 11.8 Å². The van der Waals surface area contributed by atoms with Crippen LogP contribution in [0.5, 0.6) is 0 Å². The van der Waals surface area contributed by atoms with Gasteiger partial charge in [0.15, 0.2) is 0 Å². The standard InChI is InChI=1S/C18H26BrNO/c1-3-4-5-14-7-9-15(10-8-14)18(21)20-17-12-16(19)11-6-13(17)2/h6,11-12,14-15H,3-5,7-10H2,1-2H3,(H,20,21). The molecule has 1 aromatic carbocycles. The maximum absolute atomic E-state index is 12.4. The average molecular weight is 352 g/mol. The van der Waals surface area contributed by atoms with E-state index in [9.17, 15) is 4.79 Å². The molecule has 2 nitrogen and oxygen atoms in total. The van der Waals surface area contributed by atoms with Crippen LogP contribution in [0.25, 0.3) is 0 Å². The second kappa shape index (κ2) is 7.98. The lowest BCUT2D eigenvalue weighted by atomic mass is 9.79. The van der Waals surface area contributed by atoms with Crippen molar-refractivity contribution >= 4 is 27.5 Å². The molecule has 1 amide bonds. The molecule has 0 saturated heterocycles. The fourth-order valence-electron chi connectivity index (χ4n) is 3.17. The van der Waals surface area contributed by atoms with Crippen molar-refractivity contribution in [1.82, 2.24) is 0 Å². The summed E-state index contributed by atoms with van der Waals surface area (Å²) in [6.07, 6.45) is 8.49. The maximum atomic E-state index is 12.4. The fourth-order valence-corrected chi connectivity index (χ4v) is 3.53. The lowest BCUT2D eigenvalue weighted by Gasteiger charge is -2.28. The lowest BCUT2D eigenvalue weighted by molar-refractivity contribution is -0.121. The number of hydrogen-bond acceptors (Lipinski definition) is 1. The predicted molar refractivity (Wildman–Crippen MR) is 92.5 cm³/mol. The van der Waals surface area contributed by atoms with Crippen molar-refractivity contribution in [1.29, 1.82) is 0 Å². The van der Waals surface area contributed by atoms with Crippen LogP contribution in [-0.4, -0.2) is 5.91 Å². The first-order chi connectivity index (χ1) is 10.1. The molecule has 1 saturated carbocycles. The number of aryl methyl sites for hydroxylation is 1. The molecule has 0 aliphatic heterocycles. The average Bonchev–Trinajstić information content (AvgIpc) is 2.49. The third kappa shape index (κ3) is 4.84. The van der Waals surface area contributed by atoms with Gasteiger partial charge in [0.25, 0.3) is 0 Å². The summed E-state index contributed by atoms with van der Waals surface area (Å²) in [7, 11) is 0. The fraction of sp³-hybridized carbons (Fsp3) is 0.611. The third-order valence-electron chi connectivity index (χ3n) is 4.64. The first kappa shape index (κ1) is 16.5. The van der Waals surface area contributed by atoms with Gasteiger partial charge in [-0.1, -0.05) is 48.2 Å². The number of anilines is 1. The topological polar surface area (TPSA) is 29.1 Å². The zero-order chi connectivity index (χ0) is 15.2. The Kier molecular flexibility index (Phi) is 6.28. The largest absolute Gasteiger partial charge is 0.326 e. The van der Waals surface area contributed by atoms with Crippen molar-refractivity contribution in [2.75, 3.05) is 5.32 Å². The van der Waals surface area contributed by atoms with Gasteiger partial charge in [-0.25, -0.2) is 0 Å². The normalized spacial score (nSPS) is 22.0. The zero-order valence-electron chi connectivity index (χ0n) is 13.1. The summed E-state index contributed by atoms with van der Waals surface area (Å²) >= 11 is 3.46. The summed E-state index contributed by atoms with van der Waals surface area (Å²) in [6, 6.07) is 6.02. The molecular weight excluding hydrogens is 326 g/mol. The molecule has 1 aliphatic rings. The molecule has 0 atom stereocenters. The number of rotatable bonds is 5. The number of amides is 1. The molecule has 0 heterocycles. The highest BCUT2D eigenvalue weighted by Gasteiger charge is 2.26. The van der Waals surface area contributed by atoms with Gasteiger partial charge in [-0.15, -0.1) is 0 Å². The molecule has 0 radical (unpaired) electrons. The van der Waals surface area contributed by atoms with Gasteiger partial charge in [-0.3, -0.25) is 4.79 Å². The van der Waals surface area contributed by atoms with Gasteiger partial charge in [0.05, 0.1) is 0 Å². The molecule has 21 heavy (non-hydrogen) atoms. The van der Waals surface area contributed by atoms with E-state index in [4.69, 9.17) is 0 Å². The number of halogens is 1. The van der Waals surface area contributed by atoms with Crippen molar-refractivity contribution in [2.45, 2.75) is 58.8 Å². The van der Waals surface area contributed by atoms with E-state index in [1.54, 1.807) is 0 Å². The van der Waals surface area contributed by atoms with Crippen LogP contribution in [0.2, 0.25) is 0 Å². The molecule has 1 N–H and O–H groups in total. The van der Waals surface area contributed by atoms with Crippen LogP contribution in [-0.2, 0) is 4.79 Å². The molecule has 0 unspecified atom stereocenters. The van der Waals surface area contributed by atoms with E-state index in [1.807, 2.05) is 25.1 Å². The first-order valence-electron chi connectivity index (χ1n) is 8.17. The minimum atomic E-state index is 0.196. The summed E-state index contributed by atoms with van der Waals surface area (Å²) in [5, 5.41) is 3.11. The van der Waals surface area contributed by atoms with Crippen LogP contribution < -0.4 is 5.32 Å². The molecule has 2 rings (SSSR count). The first-order valence-corrected chi connectivity index (χ1v) is 8.96. The van der Waals surface area contributed by atoms with E-state index in [1.165, 1.54) is 32.1 Å². The highest BCUT2D eigenvalue weighted by Crippen LogP contribution is 2.33. The summed E-state index contributed by atoms with van der Waals surface area (Å²) in [6.45, 7) is 4.28. The Labute approximate surface area is 136 Å². The minimum Gasteiger partial charge on any atom is -0.326 e. The monoisotopic (exact) mass is 351 g/mol. The molecule has 116 valence electrons. The van der Waals surface area contributed by atoms with E-state index in [0.717, 1.165) is 34.5 Å². The highest BCUT2D eigenvalue weighted by molar-refractivity contribution is 9.10. The summed E-state index contributed by atoms with van der Waals surface area (Å²) in [4.78, 5) is 12.4. The van der Waals surface area contributed by atoms with E-state index in [2.05, 4.69) is 28.2 Å². The molecule has 1 aliphatic carbocycles. The summed E-state index contributed by atoms with van der Waals surface area (Å²) < 4.78 is 1.01. The van der Waals surface area contributed by atoms with E-state index >= 15 is 0 Å². The summed E-state index contributed by atoms with van der Waals surface area (Å²) in [5.74, 6) is 1.24. The molecule has 0 aromatic heterocycles. The Morgan fingerprint density at radius 1 is 1.29 bits per heavy atom. The van der Waals surface area contributed by atoms with Crippen molar-refractivity contribution in [3.63, 3.8) is 0 Å². The smallest absolute Gasteiger partial charge is 0.227 e. The quantitative estimate of drug-likeness (QED) is 0.724. The molecular formula is C18H26BrNO. The van der Waals surface area contributed by atoms with Crippen LogP contribution in [0, 0.1) is 18.8 Å². The molecule has 0 bridgehead atoms. The second-order valence-corrected chi connectivity index (χ2v) is 7.22. The SMILES string of the molecule is CCCCC1CCC(C(=O)Nc2cc(Br)ccc2C)CC1. The van der Waals surface area contributed by atoms with Gasteiger partial charge in [0.1, 0.15) is 0 Å². The van der Waals surface area contributed by atoms with Crippen LogP contribution in [0.15, 0.2) is 22.7 Å². The maximum Gasteiger partial charge on any atom is 0.227 e. The van der Waals surface area contributed by atoms with Crippen molar-refractivity contribution in [3.8, 4) is 0 Å². The number of benzene rings is 1. The van der Waals surface area contributed by atoms with E-state index in [0.29, 0.717) is 0 Å². The minimum absolute atomic E-state index is 0.196. The number of unbranched alkanes of at least 4 members (excludes halogenated alkanes) is 1. The lowest BCUT2D eigenvalue weighted by Crippen LogP contribution is -2.27. The van der Waals surface area contributed by atoms with Gasteiger partial charge in [-0.05, 0) is 56.2 Å². The number of carbonyl (C=O) groups is 1.